The minimum atomic E-state index is -0.581. The number of nitriles is 1. The first-order valence-electron chi connectivity index (χ1n) is 7.61. The van der Waals surface area contributed by atoms with Gasteiger partial charge >= 0.3 is 0 Å². The van der Waals surface area contributed by atoms with Gasteiger partial charge in [0, 0.05) is 31.9 Å². The van der Waals surface area contributed by atoms with E-state index in [9.17, 15) is 5.11 Å². The summed E-state index contributed by atoms with van der Waals surface area (Å²) in [6.07, 6.45) is 3.23. The number of benzene rings is 1. The van der Waals surface area contributed by atoms with E-state index in [4.69, 9.17) is 10.00 Å². The van der Waals surface area contributed by atoms with Gasteiger partial charge in [-0.3, -0.25) is 9.58 Å². The highest BCUT2D eigenvalue weighted by Gasteiger charge is 2.12. The Morgan fingerprint density at radius 2 is 2.13 bits per heavy atom. The van der Waals surface area contributed by atoms with Gasteiger partial charge in [-0.2, -0.15) is 10.4 Å². The molecule has 0 fully saturated rings. The van der Waals surface area contributed by atoms with Gasteiger partial charge in [0.2, 0.25) is 0 Å². The van der Waals surface area contributed by atoms with E-state index in [0.29, 0.717) is 17.9 Å². The lowest BCUT2D eigenvalue weighted by molar-refractivity contribution is 0.0675. The van der Waals surface area contributed by atoms with Gasteiger partial charge in [0.05, 0.1) is 17.8 Å². The van der Waals surface area contributed by atoms with Crippen LogP contribution in [0.1, 0.15) is 18.1 Å². The van der Waals surface area contributed by atoms with Gasteiger partial charge in [0.25, 0.3) is 0 Å². The first-order valence-corrected chi connectivity index (χ1v) is 7.61. The fraction of sp³-hybridized carbons (Fsp3) is 0.412. The van der Waals surface area contributed by atoms with Gasteiger partial charge in [0.1, 0.15) is 18.5 Å². The fourth-order valence-electron chi connectivity index (χ4n) is 2.29. The largest absolute Gasteiger partial charge is 0.491 e. The van der Waals surface area contributed by atoms with Gasteiger partial charge in [-0.05, 0) is 30.8 Å². The summed E-state index contributed by atoms with van der Waals surface area (Å²) >= 11 is 0. The average molecular weight is 314 g/mol. The first kappa shape index (κ1) is 17.0. The zero-order valence-electron chi connectivity index (χ0n) is 13.5. The number of aliphatic hydroxyl groups is 1. The molecule has 122 valence electrons. The summed E-state index contributed by atoms with van der Waals surface area (Å²) in [5, 5.41) is 23.1. The number of nitrogens with zero attached hydrogens (tertiary/aromatic N) is 4. The molecule has 0 amide bonds. The molecular formula is C17H22N4O2. The summed E-state index contributed by atoms with van der Waals surface area (Å²) in [6.45, 7) is 4.39. The second kappa shape index (κ2) is 8.32. The molecule has 0 aliphatic rings. The average Bonchev–Trinajstić information content (AvgIpc) is 2.97. The van der Waals surface area contributed by atoms with Crippen molar-refractivity contribution >= 4 is 0 Å². The van der Waals surface area contributed by atoms with Crippen molar-refractivity contribution in [2.75, 3.05) is 19.7 Å². The Bertz CT molecular complexity index is 645. The van der Waals surface area contributed by atoms with E-state index < -0.39 is 6.10 Å². The molecule has 0 spiro atoms. The van der Waals surface area contributed by atoms with Crippen LogP contribution in [0.25, 0.3) is 0 Å². The Labute approximate surface area is 136 Å². The van der Waals surface area contributed by atoms with E-state index in [-0.39, 0.29) is 6.61 Å². The predicted molar refractivity (Wildman–Crippen MR) is 86.8 cm³/mol. The molecule has 0 aliphatic carbocycles. The zero-order valence-corrected chi connectivity index (χ0v) is 13.5. The van der Waals surface area contributed by atoms with Crippen LogP contribution in [0.4, 0.5) is 0 Å². The third kappa shape index (κ3) is 5.40. The lowest BCUT2D eigenvalue weighted by Crippen LogP contribution is -2.35. The number of likely N-dealkylation sites (N-methyl/N-ethyl adjacent to an activating group) is 1. The van der Waals surface area contributed by atoms with Gasteiger partial charge in [0.15, 0.2) is 0 Å². The van der Waals surface area contributed by atoms with E-state index in [0.717, 1.165) is 18.7 Å². The molecule has 1 aromatic carbocycles. The van der Waals surface area contributed by atoms with Gasteiger partial charge < -0.3 is 9.84 Å². The fourth-order valence-corrected chi connectivity index (χ4v) is 2.29. The summed E-state index contributed by atoms with van der Waals surface area (Å²) in [4.78, 5) is 2.14. The number of rotatable bonds is 8. The summed E-state index contributed by atoms with van der Waals surface area (Å²) < 4.78 is 7.34. The standard InChI is InChI=1S/C17H22N4O2/c1-3-21(11-15-9-19-20(2)10-15)12-16(22)13-23-17-6-4-14(8-18)5-7-17/h4-7,9-10,16,22H,3,11-13H2,1-2H3. The van der Waals surface area contributed by atoms with Crippen LogP contribution in [0, 0.1) is 11.3 Å². The second-order valence-corrected chi connectivity index (χ2v) is 5.45. The van der Waals surface area contributed by atoms with Gasteiger partial charge in [-0.15, -0.1) is 0 Å². The Hall–Kier alpha value is -2.36. The van der Waals surface area contributed by atoms with Crippen molar-refractivity contribution in [1.82, 2.24) is 14.7 Å². The van der Waals surface area contributed by atoms with Gasteiger partial charge in [-0.1, -0.05) is 6.92 Å². The van der Waals surface area contributed by atoms with Crippen molar-refractivity contribution in [3.05, 3.63) is 47.8 Å². The zero-order chi connectivity index (χ0) is 16.7. The number of aromatic nitrogens is 2. The molecule has 6 nitrogen and oxygen atoms in total. The lowest BCUT2D eigenvalue weighted by Gasteiger charge is -2.23. The van der Waals surface area contributed by atoms with Crippen molar-refractivity contribution < 1.29 is 9.84 Å². The van der Waals surface area contributed by atoms with E-state index in [2.05, 4.69) is 23.0 Å². The molecule has 1 heterocycles. The maximum absolute atomic E-state index is 10.2. The number of aliphatic hydroxyl groups excluding tert-OH is 1. The smallest absolute Gasteiger partial charge is 0.119 e. The lowest BCUT2D eigenvalue weighted by atomic mass is 10.2. The molecule has 0 aliphatic heterocycles. The highest BCUT2D eigenvalue weighted by atomic mass is 16.5. The van der Waals surface area contributed by atoms with Crippen molar-refractivity contribution in [1.29, 1.82) is 5.26 Å². The Balaban J connectivity index is 1.79. The summed E-state index contributed by atoms with van der Waals surface area (Å²) in [7, 11) is 1.89. The van der Waals surface area contributed by atoms with Crippen LogP contribution in [0.2, 0.25) is 0 Å². The molecule has 2 aromatic rings. The quantitative estimate of drug-likeness (QED) is 0.800. The summed E-state index contributed by atoms with van der Waals surface area (Å²) in [5.74, 6) is 0.651. The monoisotopic (exact) mass is 314 g/mol. The number of aryl methyl sites for hydroxylation is 1. The normalized spacial score (nSPS) is 12.1. The number of hydrogen-bond acceptors (Lipinski definition) is 5. The molecule has 1 N–H and O–H groups in total. The van der Waals surface area contributed by atoms with Crippen molar-refractivity contribution in [3.8, 4) is 11.8 Å². The van der Waals surface area contributed by atoms with E-state index >= 15 is 0 Å². The highest BCUT2D eigenvalue weighted by molar-refractivity contribution is 5.34. The predicted octanol–water partition coefficient (Wildman–Crippen LogP) is 1.55. The van der Waals surface area contributed by atoms with Crippen molar-refractivity contribution in [3.63, 3.8) is 0 Å². The minimum absolute atomic E-state index is 0.218. The van der Waals surface area contributed by atoms with Crippen LogP contribution in [0.15, 0.2) is 36.7 Å². The molecule has 0 saturated carbocycles. The number of ether oxygens (including phenoxy) is 1. The maximum atomic E-state index is 10.2. The van der Waals surface area contributed by atoms with Gasteiger partial charge in [-0.25, -0.2) is 0 Å². The highest BCUT2D eigenvalue weighted by Crippen LogP contribution is 2.12. The van der Waals surface area contributed by atoms with Crippen LogP contribution >= 0.6 is 0 Å². The second-order valence-electron chi connectivity index (χ2n) is 5.45. The Kier molecular flexibility index (Phi) is 6.15. The number of hydrogen-bond donors (Lipinski definition) is 1. The summed E-state index contributed by atoms with van der Waals surface area (Å²) in [6, 6.07) is 8.92. The minimum Gasteiger partial charge on any atom is -0.491 e. The maximum Gasteiger partial charge on any atom is 0.119 e. The summed E-state index contributed by atoms with van der Waals surface area (Å²) in [5.41, 5.74) is 1.71. The van der Waals surface area contributed by atoms with Crippen LogP contribution in [-0.4, -0.2) is 45.6 Å². The Morgan fingerprint density at radius 3 is 2.70 bits per heavy atom. The van der Waals surface area contributed by atoms with E-state index in [1.807, 2.05) is 19.4 Å². The van der Waals surface area contributed by atoms with E-state index in [1.165, 1.54) is 0 Å². The molecule has 2 rings (SSSR count). The molecule has 1 atom stereocenters. The molecule has 0 saturated heterocycles. The van der Waals surface area contributed by atoms with Crippen molar-refractivity contribution in [2.45, 2.75) is 19.6 Å². The third-order valence-corrected chi connectivity index (χ3v) is 3.51. The van der Waals surface area contributed by atoms with Crippen LogP contribution < -0.4 is 4.74 Å². The van der Waals surface area contributed by atoms with Crippen LogP contribution in [-0.2, 0) is 13.6 Å². The van der Waals surface area contributed by atoms with Crippen LogP contribution in [0.5, 0.6) is 5.75 Å². The Morgan fingerprint density at radius 1 is 1.39 bits per heavy atom. The van der Waals surface area contributed by atoms with Crippen LogP contribution in [0.3, 0.4) is 0 Å². The molecule has 6 heteroatoms. The topological polar surface area (TPSA) is 74.3 Å². The molecule has 23 heavy (non-hydrogen) atoms. The SMILES string of the molecule is CCN(Cc1cnn(C)c1)CC(O)COc1ccc(C#N)cc1. The van der Waals surface area contributed by atoms with Crippen molar-refractivity contribution in [2.24, 2.45) is 7.05 Å². The van der Waals surface area contributed by atoms with E-state index in [1.54, 1.807) is 28.9 Å². The molecule has 1 unspecified atom stereocenters. The molecule has 0 bridgehead atoms. The molecule has 1 aromatic heterocycles. The molecule has 0 radical (unpaired) electrons. The first-order chi connectivity index (χ1) is 11.1. The third-order valence-electron chi connectivity index (χ3n) is 3.51. The molecular weight excluding hydrogens is 292 g/mol.